The number of hydrogen-bond donors (Lipinski definition) is 1. The number of amidine groups is 1. The third-order valence-electron chi connectivity index (χ3n) is 6.63. The second-order valence-electron chi connectivity index (χ2n) is 9.63. The van der Waals surface area contributed by atoms with Gasteiger partial charge in [-0.2, -0.15) is 18.3 Å². The van der Waals surface area contributed by atoms with Crippen molar-refractivity contribution in [1.82, 2.24) is 14.7 Å². The van der Waals surface area contributed by atoms with Gasteiger partial charge in [0.15, 0.2) is 11.5 Å². The first kappa shape index (κ1) is 28.1. The van der Waals surface area contributed by atoms with E-state index in [4.69, 9.17) is 14.9 Å². The van der Waals surface area contributed by atoms with Gasteiger partial charge in [0.1, 0.15) is 18.2 Å². The molecule has 0 unspecified atom stereocenters. The molecule has 1 fully saturated rings. The summed E-state index contributed by atoms with van der Waals surface area (Å²) >= 11 is 0. The number of Topliss-reactive ketones (excluding diaryl/α,β-unsaturated/α-hetero) is 1. The van der Waals surface area contributed by atoms with E-state index in [1.165, 1.54) is 19.3 Å². The van der Waals surface area contributed by atoms with Crippen LogP contribution in [0.3, 0.4) is 0 Å². The number of carbonyl (C=O) groups is 1. The molecule has 39 heavy (non-hydrogen) atoms. The van der Waals surface area contributed by atoms with E-state index in [1.54, 1.807) is 43.0 Å². The lowest BCUT2D eigenvalue weighted by atomic mass is 9.89. The van der Waals surface area contributed by atoms with Crippen LogP contribution < -0.4 is 4.74 Å². The van der Waals surface area contributed by atoms with Crippen molar-refractivity contribution in [2.45, 2.75) is 45.8 Å². The van der Waals surface area contributed by atoms with E-state index >= 15 is 0 Å². The molecule has 4 rings (SSSR count). The summed E-state index contributed by atoms with van der Waals surface area (Å²) in [5.74, 6) is -0.925. The van der Waals surface area contributed by atoms with E-state index in [9.17, 15) is 22.4 Å². The largest absolute Gasteiger partial charge is 0.492 e. The summed E-state index contributed by atoms with van der Waals surface area (Å²) in [7, 11) is 1.39. The topological polar surface area (TPSA) is 80.4 Å². The number of hydrogen-bond acceptors (Lipinski definition) is 5. The van der Waals surface area contributed by atoms with Crippen LogP contribution in [0.2, 0.25) is 0 Å². The van der Waals surface area contributed by atoms with Gasteiger partial charge in [0.2, 0.25) is 0 Å². The van der Waals surface area contributed by atoms with Gasteiger partial charge in [-0.05, 0) is 54.7 Å². The monoisotopic (exact) mass is 546 g/mol. The van der Waals surface area contributed by atoms with Crippen molar-refractivity contribution in [3.63, 3.8) is 0 Å². The standard InChI is InChI=1S/C28H30F4N4O3/c1-5-38-25-20(22-15-35(4)34-26(22)28(30,31)32)12-18(14-36-8-9-39-27(36)33)13-21(25)24(37)11-16(2)19-6-7-23(29)17(3)10-19/h6-7,10,12-13,15-16,33H,5,8-9,11,14H2,1-4H3/t16-/m1/s1. The van der Waals surface area contributed by atoms with Gasteiger partial charge in [-0.15, -0.1) is 0 Å². The van der Waals surface area contributed by atoms with Gasteiger partial charge in [0.25, 0.3) is 6.02 Å². The zero-order valence-corrected chi connectivity index (χ0v) is 22.2. The Morgan fingerprint density at radius 3 is 2.59 bits per heavy atom. The average Bonchev–Trinajstić information content (AvgIpc) is 3.46. The number of nitrogens with zero attached hydrogens (tertiary/aromatic N) is 3. The van der Waals surface area contributed by atoms with E-state index in [2.05, 4.69) is 5.10 Å². The zero-order chi connectivity index (χ0) is 28.5. The number of aryl methyl sites for hydroxylation is 2. The van der Waals surface area contributed by atoms with E-state index in [1.807, 2.05) is 6.92 Å². The Labute approximate surface area is 223 Å². The fourth-order valence-electron chi connectivity index (χ4n) is 4.68. The molecule has 2 aromatic carbocycles. The maximum absolute atomic E-state index is 14.0. The molecule has 0 bridgehead atoms. The summed E-state index contributed by atoms with van der Waals surface area (Å²) in [6.07, 6.45) is -3.46. The lowest BCUT2D eigenvalue weighted by Gasteiger charge is -2.21. The highest BCUT2D eigenvalue weighted by Crippen LogP contribution is 2.42. The van der Waals surface area contributed by atoms with Crippen LogP contribution >= 0.6 is 0 Å². The predicted octanol–water partition coefficient (Wildman–Crippen LogP) is 6.10. The average molecular weight is 547 g/mol. The molecule has 208 valence electrons. The van der Waals surface area contributed by atoms with Crippen molar-refractivity contribution in [3.05, 3.63) is 70.3 Å². The quantitative estimate of drug-likeness (QED) is 0.259. The van der Waals surface area contributed by atoms with Gasteiger partial charge < -0.3 is 14.4 Å². The molecule has 1 saturated heterocycles. The van der Waals surface area contributed by atoms with E-state index in [0.717, 1.165) is 10.2 Å². The van der Waals surface area contributed by atoms with Crippen LogP contribution in [0.25, 0.3) is 11.1 Å². The van der Waals surface area contributed by atoms with Gasteiger partial charge in [-0.1, -0.05) is 19.1 Å². The summed E-state index contributed by atoms with van der Waals surface area (Å²) in [5.41, 5.74) is 0.680. The molecule has 0 radical (unpaired) electrons. The second kappa shape index (κ2) is 11.1. The molecular formula is C28H30F4N4O3. The van der Waals surface area contributed by atoms with Gasteiger partial charge >= 0.3 is 6.18 Å². The number of rotatable bonds is 9. The Balaban J connectivity index is 1.83. The second-order valence-corrected chi connectivity index (χ2v) is 9.63. The summed E-state index contributed by atoms with van der Waals surface area (Å²) in [4.78, 5) is 15.4. The first-order valence-electron chi connectivity index (χ1n) is 12.6. The van der Waals surface area contributed by atoms with Crippen molar-refractivity contribution >= 4 is 11.8 Å². The summed E-state index contributed by atoms with van der Waals surface area (Å²) in [6, 6.07) is 7.76. The summed E-state index contributed by atoms with van der Waals surface area (Å²) in [6.45, 7) is 6.20. The van der Waals surface area contributed by atoms with Crippen molar-refractivity contribution < 1.29 is 31.8 Å². The third kappa shape index (κ3) is 6.07. The molecule has 7 nitrogen and oxygen atoms in total. The first-order chi connectivity index (χ1) is 18.4. The number of aromatic nitrogens is 2. The van der Waals surface area contributed by atoms with Crippen LogP contribution in [0.15, 0.2) is 36.5 Å². The van der Waals surface area contributed by atoms with Crippen LogP contribution in [-0.2, 0) is 24.5 Å². The molecular weight excluding hydrogens is 516 g/mol. The number of benzene rings is 2. The highest BCUT2D eigenvalue weighted by molar-refractivity contribution is 6.01. The molecule has 3 aromatic rings. The number of carbonyl (C=O) groups excluding carboxylic acids is 1. The number of alkyl halides is 3. The van der Waals surface area contributed by atoms with Gasteiger partial charge in [0, 0.05) is 37.3 Å². The fourth-order valence-corrected chi connectivity index (χ4v) is 4.68. The molecule has 2 heterocycles. The van der Waals surface area contributed by atoms with Crippen molar-refractivity contribution in [1.29, 1.82) is 5.41 Å². The van der Waals surface area contributed by atoms with Crippen LogP contribution in [-0.4, -0.2) is 46.2 Å². The molecule has 1 aromatic heterocycles. The van der Waals surface area contributed by atoms with Gasteiger partial charge in [0.05, 0.1) is 18.7 Å². The van der Waals surface area contributed by atoms with E-state index in [-0.39, 0.29) is 65.6 Å². The minimum absolute atomic E-state index is 0.0237. The van der Waals surface area contributed by atoms with Gasteiger partial charge in [-0.25, -0.2) is 4.39 Å². The first-order valence-corrected chi connectivity index (χ1v) is 12.6. The maximum Gasteiger partial charge on any atom is 0.435 e. The zero-order valence-electron chi connectivity index (χ0n) is 22.2. The van der Waals surface area contributed by atoms with Crippen LogP contribution in [0.1, 0.15) is 58.9 Å². The van der Waals surface area contributed by atoms with Crippen molar-refractivity contribution in [2.24, 2.45) is 7.05 Å². The Morgan fingerprint density at radius 1 is 1.23 bits per heavy atom. The number of ketones is 1. The van der Waals surface area contributed by atoms with Crippen LogP contribution in [0, 0.1) is 18.2 Å². The number of ether oxygens (including phenoxy) is 2. The Kier molecular flexibility index (Phi) is 7.99. The molecule has 1 aliphatic heterocycles. The highest BCUT2D eigenvalue weighted by Gasteiger charge is 2.38. The minimum Gasteiger partial charge on any atom is -0.492 e. The smallest absolute Gasteiger partial charge is 0.435 e. The van der Waals surface area contributed by atoms with E-state index < -0.39 is 11.9 Å². The minimum atomic E-state index is -4.74. The third-order valence-corrected chi connectivity index (χ3v) is 6.63. The maximum atomic E-state index is 14.0. The molecule has 0 amide bonds. The Hall–Kier alpha value is -3.89. The van der Waals surface area contributed by atoms with Crippen LogP contribution in [0.5, 0.6) is 5.75 Å². The Morgan fingerprint density at radius 2 is 1.97 bits per heavy atom. The summed E-state index contributed by atoms with van der Waals surface area (Å²) in [5, 5.41) is 11.6. The predicted molar refractivity (Wildman–Crippen MR) is 137 cm³/mol. The van der Waals surface area contributed by atoms with E-state index in [0.29, 0.717) is 24.3 Å². The molecule has 0 spiro atoms. The molecule has 1 N–H and O–H groups in total. The molecule has 1 atom stereocenters. The molecule has 0 aliphatic carbocycles. The number of nitrogens with one attached hydrogen (secondary N) is 1. The fraction of sp³-hybridized carbons (Fsp3) is 0.393. The lowest BCUT2D eigenvalue weighted by molar-refractivity contribution is -0.140. The number of halogens is 4. The molecule has 11 heteroatoms. The lowest BCUT2D eigenvalue weighted by Crippen LogP contribution is -2.24. The SMILES string of the molecule is CCOc1c(C(=O)C[C@@H](C)c2ccc(F)c(C)c2)cc(CN2CCOC2=N)cc1-c1cn(C)nc1C(F)(F)F. The summed E-state index contributed by atoms with van der Waals surface area (Å²) < 4.78 is 67.8. The normalized spacial score (nSPS) is 14.5. The molecule has 0 saturated carbocycles. The molecule has 1 aliphatic rings. The van der Waals surface area contributed by atoms with Crippen molar-refractivity contribution in [2.75, 3.05) is 19.8 Å². The van der Waals surface area contributed by atoms with Crippen LogP contribution in [0.4, 0.5) is 17.6 Å². The highest BCUT2D eigenvalue weighted by atomic mass is 19.4. The Bertz CT molecular complexity index is 1400. The van der Waals surface area contributed by atoms with Gasteiger partial charge in [-0.3, -0.25) is 14.9 Å². The van der Waals surface area contributed by atoms with Crippen molar-refractivity contribution in [3.8, 4) is 16.9 Å².